The molecule has 0 bridgehead atoms. The molecule has 3 aromatic carbocycles. The van der Waals surface area contributed by atoms with Crippen LogP contribution in [0.1, 0.15) is 28.2 Å². The molecule has 1 aliphatic carbocycles. The Morgan fingerprint density at radius 3 is 2.21 bits per heavy atom. The number of halogens is 1. The molecule has 4 N–H and O–H groups in total. The lowest BCUT2D eigenvalue weighted by Gasteiger charge is -2.19. The number of carbonyl (C=O) groups is 2. The maximum absolute atomic E-state index is 12.6. The number of esters is 1. The van der Waals surface area contributed by atoms with Gasteiger partial charge in [0.15, 0.2) is 0 Å². The third-order valence-corrected chi connectivity index (χ3v) is 5.80. The highest BCUT2D eigenvalue weighted by Gasteiger charge is 2.30. The Hall–Kier alpha value is -3.84. The molecule has 34 heavy (non-hydrogen) atoms. The number of methoxy groups -OCH3 is 1. The standard InChI is InChI=1S/C26H25N3O4.ClH/c1-32-25(30)23(14-16-7-6-8-17(13-16)24(27)28)29-26(31)33-15-22-20-11-4-2-9-18(20)19-10-3-5-12-21(19)22;/h2-13,22-23H,14-15H2,1H3,(H3,27,28)(H,29,31);1H/t23-;/m0./s1. The number of benzene rings is 3. The van der Waals surface area contributed by atoms with E-state index in [2.05, 4.69) is 17.4 Å². The maximum Gasteiger partial charge on any atom is 0.407 e. The molecule has 1 amide bonds. The second kappa shape index (κ2) is 10.9. The third kappa shape index (κ3) is 5.21. The molecule has 1 aliphatic rings. The van der Waals surface area contributed by atoms with Crippen LogP contribution in [0.2, 0.25) is 0 Å². The van der Waals surface area contributed by atoms with Crippen LogP contribution in [0.15, 0.2) is 72.8 Å². The quantitative estimate of drug-likeness (QED) is 0.269. The molecule has 0 aromatic heterocycles. The van der Waals surface area contributed by atoms with E-state index in [4.69, 9.17) is 20.6 Å². The predicted octanol–water partition coefficient (Wildman–Crippen LogP) is 4.02. The van der Waals surface area contributed by atoms with Crippen molar-refractivity contribution < 1.29 is 19.1 Å². The van der Waals surface area contributed by atoms with Gasteiger partial charge in [0.1, 0.15) is 18.5 Å². The molecular weight excluding hydrogens is 454 g/mol. The van der Waals surface area contributed by atoms with Crippen molar-refractivity contribution in [1.29, 1.82) is 5.41 Å². The fourth-order valence-corrected chi connectivity index (χ4v) is 4.22. The van der Waals surface area contributed by atoms with Crippen molar-refractivity contribution in [3.63, 3.8) is 0 Å². The first-order valence-corrected chi connectivity index (χ1v) is 10.6. The number of rotatable bonds is 7. The number of fused-ring (bicyclic) bond motifs is 3. The Morgan fingerprint density at radius 1 is 1.00 bits per heavy atom. The molecule has 0 unspecified atom stereocenters. The van der Waals surface area contributed by atoms with Crippen molar-refractivity contribution >= 4 is 30.3 Å². The van der Waals surface area contributed by atoms with E-state index in [0.29, 0.717) is 5.56 Å². The van der Waals surface area contributed by atoms with Gasteiger partial charge in [-0.3, -0.25) is 5.41 Å². The summed E-state index contributed by atoms with van der Waals surface area (Å²) in [5.74, 6) is -0.736. The molecular formula is C26H26ClN3O4. The van der Waals surface area contributed by atoms with Gasteiger partial charge in [0.2, 0.25) is 0 Å². The molecule has 4 rings (SSSR count). The van der Waals surface area contributed by atoms with Gasteiger partial charge in [0.05, 0.1) is 7.11 Å². The summed E-state index contributed by atoms with van der Waals surface area (Å²) < 4.78 is 10.4. The van der Waals surface area contributed by atoms with Crippen LogP contribution in [0.4, 0.5) is 4.79 Å². The van der Waals surface area contributed by atoms with Crippen molar-refractivity contribution in [1.82, 2.24) is 5.32 Å². The Bertz CT molecular complexity index is 1170. The Kier molecular flexibility index (Phi) is 7.91. The first-order valence-electron chi connectivity index (χ1n) is 10.6. The van der Waals surface area contributed by atoms with Crippen LogP contribution in [0.3, 0.4) is 0 Å². The number of alkyl carbamates (subject to hydrolysis) is 1. The number of nitrogen functional groups attached to an aromatic ring is 1. The fraction of sp³-hybridized carbons (Fsp3) is 0.192. The van der Waals surface area contributed by atoms with E-state index in [1.54, 1.807) is 24.3 Å². The highest BCUT2D eigenvalue weighted by Crippen LogP contribution is 2.44. The highest BCUT2D eigenvalue weighted by molar-refractivity contribution is 5.95. The van der Waals surface area contributed by atoms with Gasteiger partial charge >= 0.3 is 12.1 Å². The lowest BCUT2D eigenvalue weighted by Crippen LogP contribution is -2.43. The van der Waals surface area contributed by atoms with Crippen LogP contribution in [0.25, 0.3) is 11.1 Å². The number of carbonyl (C=O) groups excluding carboxylic acids is 2. The lowest BCUT2D eigenvalue weighted by atomic mass is 9.98. The van der Waals surface area contributed by atoms with Gasteiger partial charge in [-0.25, -0.2) is 9.59 Å². The van der Waals surface area contributed by atoms with Gasteiger partial charge in [0.25, 0.3) is 0 Å². The summed E-state index contributed by atoms with van der Waals surface area (Å²) in [6.07, 6.45) is -0.521. The Morgan fingerprint density at radius 2 is 1.62 bits per heavy atom. The van der Waals surface area contributed by atoms with Gasteiger partial charge < -0.3 is 20.5 Å². The molecule has 0 saturated carbocycles. The van der Waals surface area contributed by atoms with Crippen LogP contribution >= 0.6 is 12.4 Å². The van der Waals surface area contributed by atoms with E-state index in [0.717, 1.165) is 27.8 Å². The van der Waals surface area contributed by atoms with Gasteiger partial charge in [0, 0.05) is 17.9 Å². The average Bonchev–Trinajstić information content (AvgIpc) is 3.15. The average molecular weight is 480 g/mol. The smallest absolute Gasteiger partial charge is 0.407 e. The van der Waals surface area contributed by atoms with Crippen molar-refractivity contribution in [2.75, 3.05) is 13.7 Å². The minimum atomic E-state index is -0.937. The lowest BCUT2D eigenvalue weighted by molar-refractivity contribution is -0.143. The number of amidine groups is 1. The van der Waals surface area contributed by atoms with Gasteiger partial charge in [-0.2, -0.15) is 0 Å². The normalized spacial score (nSPS) is 12.5. The van der Waals surface area contributed by atoms with Crippen LogP contribution < -0.4 is 11.1 Å². The monoisotopic (exact) mass is 479 g/mol. The topological polar surface area (TPSA) is 115 Å². The molecule has 3 aromatic rings. The summed E-state index contributed by atoms with van der Waals surface area (Å²) in [6, 6.07) is 22.2. The van der Waals surface area contributed by atoms with E-state index in [1.807, 2.05) is 36.4 Å². The minimum Gasteiger partial charge on any atom is -0.467 e. The number of amides is 1. The molecule has 0 aliphatic heterocycles. The number of nitrogens with one attached hydrogen (secondary N) is 2. The zero-order valence-electron chi connectivity index (χ0n) is 18.6. The second-order valence-corrected chi connectivity index (χ2v) is 7.86. The first kappa shape index (κ1) is 24.8. The van der Waals surface area contributed by atoms with E-state index >= 15 is 0 Å². The van der Waals surface area contributed by atoms with E-state index in [9.17, 15) is 9.59 Å². The highest BCUT2D eigenvalue weighted by atomic mass is 35.5. The second-order valence-electron chi connectivity index (χ2n) is 7.86. The number of ether oxygens (including phenoxy) is 2. The summed E-state index contributed by atoms with van der Waals surface area (Å²) in [5.41, 5.74) is 11.3. The Balaban J connectivity index is 0.00000324. The molecule has 0 fully saturated rings. The summed E-state index contributed by atoms with van der Waals surface area (Å²) in [6.45, 7) is 0.146. The van der Waals surface area contributed by atoms with Crippen LogP contribution in [-0.4, -0.2) is 37.7 Å². The Labute approximate surface area is 204 Å². The maximum atomic E-state index is 12.6. The van der Waals surface area contributed by atoms with Gasteiger partial charge in [-0.15, -0.1) is 12.4 Å². The van der Waals surface area contributed by atoms with Crippen LogP contribution in [0.5, 0.6) is 0 Å². The molecule has 0 spiro atoms. The van der Waals surface area contributed by atoms with Crippen LogP contribution in [-0.2, 0) is 20.7 Å². The molecule has 0 heterocycles. The van der Waals surface area contributed by atoms with Crippen molar-refractivity contribution in [2.45, 2.75) is 18.4 Å². The summed E-state index contributed by atoms with van der Waals surface area (Å²) in [7, 11) is 1.26. The number of nitrogens with two attached hydrogens (primary N) is 1. The minimum absolute atomic E-state index is 0. The summed E-state index contributed by atoms with van der Waals surface area (Å²) >= 11 is 0. The molecule has 0 radical (unpaired) electrons. The molecule has 7 nitrogen and oxygen atoms in total. The molecule has 1 atom stereocenters. The van der Waals surface area contributed by atoms with Gasteiger partial charge in [-0.05, 0) is 33.9 Å². The third-order valence-electron chi connectivity index (χ3n) is 5.80. The zero-order valence-corrected chi connectivity index (χ0v) is 19.4. The molecule has 176 valence electrons. The first-order chi connectivity index (χ1) is 16.0. The fourth-order valence-electron chi connectivity index (χ4n) is 4.22. The van der Waals surface area contributed by atoms with Crippen molar-refractivity contribution in [2.24, 2.45) is 5.73 Å². The van der Waals surface area contributed by atoms with E-state index in [1.165, 1.54) is 7.11 Å². The summed E-state index contributed by atoms with van der Waals surface area (Å²) in [5, 5.41) is 10.2. The largest absolute Gasteiger partial charge is 0.467 e. The molecule has 8 heteroatoms. The predicted molar refractivity (Wildman–Crippen MR) is 132 cm³/mol. The van der Waals surface area contributed by atoms with Crippen molar-refractivity contribution in [3.05, 3.63) is 95.1 Å². The summed E-state index contributed by atoms with van der Waals surface area (Å²) in [4.78, 5) is 24.9. The van der Waals surface area contributed by atoms with Crippen LogP contribution in [0, 0.1) is 5.41 Å². The number of hydrogen-bond acceptors (Lipinski definition) is 5. The number of hydrogen-bond donors (Lipinski definition) is 3. The van der Waals surface area contributed by atoms with E-state index in [-0.39, 0.29) is 37.2 Å². The van der Waals surface area contributed by atoms with Crippen molar-refractivity contribution in [3.8, 4) is 11.1 Å². The zero-order chi connectivity index (χ0) is 23.4. The van der Waals surface area contributed by atoms with E-state index < -0.39 is 18.1 Å². The van der Waals surface area contributed by atoms with Gasteiger partial charge in [-0.1, -0.05) is 66.7 Å². The SMILES string of the molecule is COC(=O)[C@H](Cc1cccc(C(=N)N)c1)NC(=O)OCC1c2ccccc2-c2ccccc21.Cl. The molecule has 0 saturated heterocycles.